The Morgan fingerprint density at radius 3 is 1.78 bits per heavy atom. The molecule has 1 rings (SSSR count). The van der Waals surface area contributed by atoms with E-state index in [1.54, 1.807) is 31.8 Å². The van der Waals surface area contributed by atoms with Crippen molar-refractivity contribution in [3.8, 4) is 0 Å². The Kier molecular flexibility index (Phi) is 3.98. The molecule has 1 unspecified atom stereocenters. The van der Waals surface area contributed by atoms with Gasteiger partial charge in [-0.05, 0) is 39.1 Å². The zero-order valence-electron chi connectivity index (χ0n) is 11.4. The average molecular weight is 276 g/mol. The third-order valence-electron chi connectivity index (χ3n) is 2.65. The highest BCUT2D eigenvalue weighted by Crippen LogP contribution is 2.43. The molecule has 18 heavy (non-hydrogen) atoms. The maximum atomic E-state index is 13.3. The summed E-state index contributed by atoms with van der Waals surface area (Å²) in [5.41, 5.74) is -1.15. The van der Waals surface area contributed by atoms with Crippen LogP contribution in [0.4, 0.5) is 13.2 Å². The van der Waals surface area contributed by atoms with Gasteiger partial charge in [0, 0.05) is 0 Å². The third kappa shape index (κ3) is 3.35. The van der Waals surface area contributed by atoms with E-state index in [9.17, 15) is 13.2 Å². The summed E-state index contributed by atoms with van der Waals surface area (Å²) in [6, 6.07) is 6.33. The fourth-order valence-corrected chi connectivity index (χ4v) is 3.22. The Hall–Kier alpha value is -0.813. The first-order chi connectivity index (χ1) is 7.96. The second-order valence-corrected chi connectivity index (χ2v) is 10.0. The minimum Gasteiger partial charge on any atom is -0.401 e. The molecule has 0 N–H and O–H groups in total. The van der Waals surface area contributed by atoms with Crippen LogP contribution in [-0.4, -0.2) is 14.5 Å². The third-order valence-corrected chi connectivity index (χ3v) is 3.67. The molecular formula is C13H19F3OSi. The van der Waals surface area contributed by atoms with E-state index in [0.29, 0.717) is 0 Å². The van der Waals surface area contributed by atoms with Crippen LogP contribution >= 0.6 is 0 Å². The summed E-state index contributed by atoms with van der Waals surface area (Å²) in [4.78, 5) is 0. The second kappa shape index (κ2) is 4.70. The van der Waals surface area contributed by atoms with Crippen LogP contribution in [-0.2, 0) is 10.0 Å². The zero-order chi connectivity index (χ0) is 14.2. The van der Waals surface area contributed by atoms with Crippen molar-refractivity contribution < 1.29 is 17.6 Å². The van der Waals surface area contributed by atoms with Crippen molar-refractivity contribution in [3.05, 3.63) is 35.4 Å². The normalized spacial score (nSPS) is 16.4. The van der Waals surface area contributed by atoms with E-state index < -0.39 is 20.1 Å². The Balaban J connectivity index is 3.25. The number of aryl methyl sites for hydroxylation is 1. The second-order valence-electron chi connectivity index (χ2n) is 5.61. The van der Waals surface area contributed by atoms with Crippen LogP contribution in [0.25, 0.3) is 0 Å². The first-order valence-electron chi connectivity index (χ1n) is 5.80. The first kappa shape index (κ1) is 15.2. The van der Waals surface area contributed by atoms with Crippen molar-refractivity contribution >= 4 is 8.32 Å². The van der Waals surface area contributed by atoms with Crippen molar-refractivity contribution in [1.29, 1.82) is 0 Å². The summed E-state index contributed by atoms with van der Waals surface area (Å²) in [5.74, 6) is 0. The number of alkyl halides is 3. The highest BCUT2D eigenvalue weighted by atomic mass is 28.4. The minimum absolute atomic E-state index is 0.156. The molecule has 0 spiro atoms. The SMILES string of the molecule is Cc1ccc(C(C)(O[Si](C)(C)C)C(F)(F)F)cc1. The van der Waals surface area contributed by atoms with Gasteiger partial charge in [-0.3, -0.25) is 0 Å². The van der Waals surface area contributed by atoms with Crippen LogP contribution in [0, 0.1) is 6.92 Å². The lowest BCUT2D eigenvalue weighted by Gasteiger charge is -2.38. The molecule has 0 aliphatic carbocycles. The van der Waals surface area contributed by atoms with E-state index in [1.165, 1.54) is 12.1 Å². The molecule has 102 valence electrons. The zero-order valence-corrected chi connectivity index (χ0v) is 12.4. The topological polar surface area (TPSA) is 9.23 Å². The van der Waals surface area contributed by atoms with Gasteiger partial charge in [-0.2, -0.15) is 13.2 Å². The quantitative estimate of drug-likeness (QED) is 0.732. The van der Waals surface area contributed by atoms with Crippen LogP contribution in [0.15, 0.2) is 24.3 Å². The van der Waals surface area contributed by atoms with Gasteiger partial charge in [-0.1, -0.05) is 29.8 Å². The van der Waals surface area contributed by atoms with E-state index in [0.717, 1.165) is 12.5 Å². The minimum atomic E-state index is -4.43. The Bertz CT molecular complexity index is 406. The number of hydrogen-bond acceptors (Lipinski definition) is 1. The van der Waals surface area contributed by atoms with Crippen molar-refractivity contribution in [2.45, 2.75) is 45.3 Å². The van der Waals surface area contributed by atoms with Crippen LogP contribution in [0.1, 0.15) is 18.1 Å². The monoisotopic (exact) mass is 276 g/mol. The highest BCUT2D eigenvalue weighted by molar-refractivity contribution is 6.69. The Morgan fingerprint density at radius 1 is 1.00 bits per heavy atom. The fourth-order valence-electron chi connectivity index (χ4n) is 1.76. The van der Waals surface area contributed by atoms with E-state index >= 15 is 0 Å². The van der Waals surface area contributed by atoms with E-state index in [4.69, 9.17) is 4.43 Å². The highest BCUT2D eigenvalue weighted by Gasteiger charge is 2.55. The molecule has 0 heterocycles. The molecule has 0 radical (unpaired) electrons. The molecule has 0 bridgehead atoms. The van der Waals surface area contributed by atoms with Crippen LogP contribution in [0.2, 0.25) is 19.6 Å². The molecule has 0 aromatic heterocycles. The van der Waals surface area contributed by atoms with Crippen molar-refractivity contribution in [2.24, 2.45) is 0 Å². The lowest BCUT2D eigenvalue weighted by Crippen LogP contribution is -2.48. The van der Waals surface area contributed by atoms with E-state index in [1.807, 2.05) is 6.92 Å². The largest absolute Gasteiger partial charge is 0.420 e. The molecule has 0 fully saturated rings. The van der Waals surface area contributed by atoms with Gasteiger partial charge in [0.1, 0.15) is 0 Å². The summed E-state index contributed by atoms with van der Waals surface area (Å²) in [6.45, 7) is 8.21. The van der Waals surface area contributed by atoms with Crippen LogP contribution in [0.3, 0.4) is 0 Å². The number of halogens is 3. The van der Waals surface area contributed by atoms with Crippen molar-refractivity contribution in [1.82, 2.24) is 0 Å². The summed E-state index contributed by atoms with van der Waals surface area (Å²) in [7, 11) is -2.32. The molecular weight excluding hydrogens is 257 g/mol. The molecule has 0 amide bonds. The van der Waals surface area contributed by atoms with Gasteiger partial charge in [0.15, 0.2) is 13.9 Å². The molecule has 0 saturated carbocycles. The van der Waals surface area contributed by atoms with Gasteiger partial charge < -0.3 is 4.43 Å². The summed E-state index contributed by atoms with van der Waals surface area (Å²) in [5, 5.41) is 0. The van der Waals surface area contributed by atoms with Crippen LogP contribution < -0.4 is 0 Å². The maximum Gasteiger partial charge on any atom is 0.420 e. The standard InChI is InChI=1S/C13H19F3OSi/c1-10-6-8-11(9-7-10)12(2,13(14,15)16)17-18(3,4)5/h6-9H,1-5H3. The predicted octanol–water partition coefficient (Wildman–Crippen LogP) is 4.62. The number of rotatable bonds is 3. The average Bonchev–Trinajstić information content (AvgIpc) is 2.13. The van der Waals surface area contributed by atoms with E-state index in [-0.39, 0.29) is 5.56 Å². The smallest absolute Gasteiger partial charge is 0.401 e. The Labute approximate surface area is 107 Å². The maximum absolute atomic E-state index is 13.3. The molecule has 1 nitrogen and oxygen atoms in total. The lowest BCUT2D eigenvalue weighted by molar-refractivity contribution is -0.250. The molecule has 0 aliphatic rings. The summed E-state index contributed by atoms with van der Waals surface area (Å²) < 4.78 is 45.4. The van der Waals surface area contributed by atoms with Gasteiger partial charge in [0.05, 0.1) is 0 Å². The number of benzene rings is 1. The van der Waals surface area contributed by atoms with Gasteiger partial charge in [0.25, 0.3) is 0 Å². The molecule has 1 aromatic carbocycles. The summed E-state index contributed by atoms with van der Waals surface area (Å²) in [6.07, 6.45) is -4.43. The first-order valence-corrected chi connectivity index (χ1v) is 9.20. The lowest BCUT2D eigenvalue weighted by atomic mass is 9.95. The van der Waals surface area contributed by atoms with E-state index in [2.05, 4.69) is 0 Å². The molecule has 0 saturated heterocycles. The van der Waals surface area contributed by atoms with Gasteiger partial charge in [-0.15, -0.1) is 0 Å². The van der Waals surface area contributed by atoms with Gasteiger partial charge in [0.2, 0.25) is 0 Å². The molecule has 1 aromatic rings. The van der Waals surface area contributed by atoms with Crippen LogP contribution in [0.5, 0.6) is 0 Å². The Morgan fingerprint density at radius 2 is 1.44 bits per heavy atom. The molecule has 1 atom stereocenters. The predicted molar refractivity (Wildman–Crippen MR) is 69.0 cm³/mol. The molecule has 5 heteroatoms. The fraction of sp³-hybridized carbons (Fsp3) is 0.538. The van der Waals surface area contributed by atoms with Crippen molar-refractivity contribution in [3.63, 3.8) is 0 Å². The van der Waals surface area contributed by atoms with Crippen molar-refractivity contribution in [2.75, 3.05) is 0 Å². The summed E-state index contributed by atoms with van der Waals surface area (Å²) >= 11 is 0. The van der Waals surface area contributed by atoms with Gasteiger partial charge in [-0.25, -0.2) is 0 Å². The molecule has 0 aliphatic heterocycles. The van der Waals surface area contributed by atoms with Gasteiger partial charge >= 0.3 is 6.18 Å². The number of hydrogen-bond donors (Lipinski definition) is 0.